The van der Waals surface area contributed by atoms with Crippen molar-refractivity contribution in [3.05, 3.63) is 0 Å². The summed E-state index contributed by atoms with van der Waals surface area (Å²) in [7, 11) is 0. The highest BCUT2D eigenvalue weighted by molar-refractivity contribution is 7.99. The maximum absolute atomic E-state index is 14.8. The standard InChI is InChI=1S/C78H151N9O11S/c1-4-7-10-13-16-19-22-25-28-31-34-37-40-55-71(88)83-70(77(94)86-67(52-44-48-59-80)75(92)84-66(51-43-47-58-79)74(91)85-68(53-45-49-60-81)76(93)87-69(78(95)96)54-46-50-61-82)64-99-63-65(98-73(90)57-42-39-36-33-30-27-24-21-18-15-12-9-6-3)62-97-72(89)56-41-38-35-32-29-26-23-20-17-14-11-8-5-2/h65-70H,4-64,79-82H2,1-3H3,(H,83,88)(H,84,92)(H,85,91)(H,86,94)(H,87,93)(H,95,96)/t65-,66-,67-,68-,69-,70+/m0/s1. The van der Waals surface area contributed by atoms with Crippen LogP contribution < -0.4 is 49.5 Å². The number of thioether (sulfide) groups is 1. The minimum Gasteiger partial charge on any atom is -0.480 e. The van der Waals surface area contributed by atoms with Crippen LogP contribution in [0.25, 0.3) is 0 Å². The third-order valence-electron chi connectivity index (χ3n) is 18.7. The number of nitrogens with one attached hydrogen (secondary N) is 5. The number of aliphatic carboxylic acids is 1. The fourth-order valence-corrected chi connectivity index (χ4v) is 13.4. The van der Waals surface area contributed by atoms with Gasteiger partial charge in [0.05, 0.1) is 0 Å². The molecule has 0 bridgehead atoms. The molecule has 0 aliphatic heterocycles. The summed E-state index contributed by atoms with van der Waals surface area (Å²) in [4.78, 5) is 110. The Kier molecular flexibility index (Phi) is 68.1. The third kappa shape index (κ3) is 59.1. The number of hydrogen-bond acceptors (Lipinski definition) is 15. The first kappa shape index (κ1) is 94.9. The molecule has 0 radical (unpaired) electrons. The molecule has 580 valence electrons. The molecule has 5 amide bonds. The highest BCUT2D eigenvalue weighted by Crippen LogP contribution is 2.20. The number of rotatable bonds is 75. The molecule has 0 saturated heterocycles. The number of amides is 5. The Hall–Kier alpha value is -4.05. The van der Waals surface area contributed by atoms with Crippen molar-refractivity contribution in [3.8, 4) is 0 Å². The largest absolute Gasteiger partial charge is 0.480 e. The second-order valence-electron chi connectivity index (χ2n) is 28.2. The molecule has 0 fully saturated rings. The van der Waals surface area contributed by atoms with Crippen LogP contribution in [-0.2, 0) is 47.8 Å². The molecule has 0 heterocycles. The molecule has 0 aromatic rings. The van der Waals surface area contributed by atoms with Gasteiger partial charge in [-0.05, 0) is 122 Å². The van der Waals surface area contributed by atoms with Gasteiger partial charge in [0.25, 0.3) is 0 Å². The Morgan fingerprint density at radius 2 is 0.586 bits per heavy atom. The summed E-state index contributed by atoms with van der Waals surface area (Å²) in [5, 5.41) is 24.1. The van der Waals surface area contributed by atoms with E-state index in [1.807, 2.05) is 0 Å². The average molecular weight is 1420 g/mol. The van der Waals surface area contributed by atoms with Crippen LogP contribution in [0.4, 0.5) is 0 Å². The van der Waals surface area contributed by atoms with Crippen LogP contribution >= 0.6 is 11.8 Å². The van der Waals surface area contributed by atoms with Crippen LogP contribution in [0.3, 0.4) is 0 Å². The highest BCUT2D eigenvalue weighted by atomic mass is 32.2. The number of ether oxygens (including phenoxy) is 2. The third-order valence-corrected chi connectivity index (χ3v) is 19.9. The minimum atomic E-state index is -1.22. The van der Waals surface area contributed by atoms with Crippen LogP contribution in [0.1, 0.15) is 367 Å². The van der Waals surface area contributed by atoms with E-state index in [2.05, 4.69) is 47.4 Å². The van der Waals surface area contributed by atoms with Gasteiger partial charge in [-0.25, -0.2) is 4.79 Å². The molecule has 0 aliphatic rings. The molecule has 99 heavy (non-hydrogen) atoms. The Bertz CT molecular complexity index is 1980. The second kappa shape index (κ2) is 71.0. The zero-order valence-corrected chi connectivity index (χ0v) is 64.2. The van der Waals surface area contributed by atoms with Gasteiger partial charge in [-0.1, -0.05) is 252 Å². The van der Waals surface area contributed by atoms with Crippen molar-refractivity contribution in [2.45, 2.75) is 404 Å². The van der Waals surface area contributed by atoms with Gasteiger partial charge in [0, 0.05) is 30.8 Å². The van der Waals surface area contributed by atoms with Crippen LogP contribution in [0, 0.1) is 0 Å². The van der Waals surface area contributed by atoms with Gasteiger partial charge in [-0.2, -0.15) is 11.8 Å². The van der Waals surface area contributed by atoms with Gasteiger partial charge in [0.2, 0.25) is 29.5 Å². The molecular formula is C78H151N9O11S. The zero-order chi connectivity index (χ0) is 72.9. The van der Waals surface area contributed by atoms with Gasteiger partial charge in [-0.15, -0.1) is 0 Å². The minimum absolute atomic E-state index is 0.0284. The predicted octanol–water partition coefficient (Wildman–Crippen LogP) is 14.6. The number of unbranched alkanes of at least 4 members (excludes halogenated alkanes) is 40. The van der Waals surface area contributed by atoms with E-state index in [-0.39, 0.29) is 80.9 Å². The van der Waals surface area contributed by atoms with Crippen molar-refractivity contribution in [2.24, 2.45) is 22.9 Å². The molecule has 6 atom stereocenters. The van der Waals surface area contributed by atoms with E-state index in [1.54, 1.807) is 0 Å². The van der Waals surface area contributed by atoms with E-state index < -0.39 is 65.9 Å². The van der Waals surface area contributed by atoms with Gasteiger partial charge in [-0.3, -0.25) is 33.6 Å². The van der Waals surface area contributed by atoms with Crippen molar-refractivity contribution in [3.63, 3.8) is 0 Å². The molecule has 0 rings (SSSR count). The predicted molar refractivity (Wildman–Crippen MR) is 408 cm³/mol. The van der Waals surface area contributed by atoms with Gasteiger partial charge in [0.15, 0.2) is 0 Å². The van der Waals surface area contributed by atoms with Crippen molar-refractivity contribution >= 4 is 59.2 Å². The topological polar surface area (TPSA) is 339 Å². The smallest absolute Gasteiger partial charge is 0.326 e. The van der Waals surface area contributed by atoms with Crippen molar-refractivity contribution in [2.75, 3.05) is 44.3 Å². The fourth-order valence-electron chi connectivity index (χ4n) is 12.4. The number of carboxylic acids is 1. The zero-order valence-electron chi connectivity index (χ0n) is 63.3. The maximum atomic E-state index is 14.8. The molecule has 0 aliphatic carbocycles. The van der Waals surface area contributed by atoms with E-state index in [0.29, 0.717) is 96.8 Å². The summed E-state index contributed by atoms with van der Waals surface area (Å²) in [6.45, 7) is 7.91. The molecule has 21 heteroatoms. The highest BCUT2D eigenvalue weighted by Gasteiger charge is 2.33. The summed E-state index contributed by atoms with van der Waals surface area (Å²) in [6.07, 6.45) is 50.1. The molecule has 0 saturated carbocycles. The van der Waals surface area contributed by atoms with Crippen LogP contribution in [0.15, 0.2) is 0 Å². The van der Waals surface area contributed by atoms with E-state index in [1.165, 1.54) is 179 Å². The molecule has 20 nitrogen and oxygen atoms in total. The van der Waals surface area contributed by atoms with Crippen molar-refractivity contribution < 1.29 is 52.9 Å². The van der Waals surface area contributed by atoms with Gasteiger partial charge < -0.3 is 64.1 Å². The average Bonchev–Trinajstić information content (AvgIpc) is 0.881. The van der Waals surface area contributed by atoms with E-state index >= 15 is 0 Å². The Morgan fingerprint density at radius 1 is 0.313 bits per heavy atom. The Morgan fingerprint density at radius 3 is 0.899 bits per heavy atom. The first-order chi connectivity index (χ1) is 48.2. The molecule has 0 unspecified atom stereocenters. The van der Waals surface area contributed by atoms with Crippen LogP contribution in [0.2, 0.25) is 0 Å². The van der Waals surface area contributed by atoms with Crippen molar-refractivity contribution in [1.82, 2.24) is 26.6 Å². The number of esters is 2. The van der Waals surface area contributed by atoms with Gasteiger partial charge in [0.1, 0.15) is 42.9 Å². The quantitative estimate of drug-likeness (QED) is 0.0200. The lowest BCUT2D eigenvalue weighted by molar-refractivity contribution is -0.157. The number of carboxylic acid groups (broad SMARTS) is 1. The fraction of sp³-hybridized carbons (Fsp3) is 0.897. The summed E-state index contributed by atoms with van der Waals surface area (Å²) >= 11 is 1.27. The monoisotopic (exact) mass is 1420 g/mol. The van der Waals surface area contributed by atoms with E-state index in [4.69, 9.17) is 32.4 Å². The Labute approximate surface area is 606 Å². The van der Waals surface area contributed by atoms with E-state index in [0.717, 1.165) is 64.2 Å². The molecule has 0 spiro atoms. The van der Waals surface area contributed by atoms with Gasteiger partial charge >= 0.3 is 17.9 Å². The summed E-state index contributed by atoms with van der Waals surface area (Å²) in [5.74, 6) is -4.74. The number of nitrogens with two attached hydrogens (primary N) is 4. The number of carbonyl (C=O) groups is 8. The molecule has 0 aromatic carbocycles. The molecule has 14 N–H and O–H groups in total. The molecule has 0 aromatic heterocycles. The lowest BCUT2D eigenvalue weighted by atomic mass is 10.0. The van der Waals surface area contributed by atoms with Crippen LogP contribution in [-0.4, -0.2) is 133 Å². The first-order valence-electron chi connectivity index (χ1n) is 40.7. The lowest BCUT2D eigenvalue weighted by Crippen LogP contribution is -2.59. The summed E-state index contributed by atoms with van der Waals surface area (Å²) in [6, 6.07) is -5.86. The lowest BCUT2D eigenvalue weighted by Gasteiger charge is -2.27. The number of carbonyl (C=O) groups excluding carboxylic acids is 7. The first-order valence-corrected chi connectivity index (χ1v) is 41.8. The van der Waals surface area contributed by atoms with E-state index in [9.17, 15) is 43.5 Å². The second-order valence-corrected chi connectivity index (χ2v) is 29.2. The maximum Gasteiger partial charge on any atom is 0.326 e. The number of hydrogen-bond donors (Lipinski definition) is 10. The normalized spacial score (nSPS) is 13.2. The Balaban J connectivity index is 6.59. The summed E-state index contributed by atoms with van der Waals surface area (Å²) in [5.41, 5.74) is 23.2. The van der Waals surface area contributed by atoms with Crippen LogP contribution in [0.5, 0.6) is 0 Å². The SMILES string of the molecule is CCCCCCCCCCCCCCCC(=O)N[C@H](CSC[C@H](COC(=O)CCCCCCCCCCCCCCC)OC(=O)CCCCCCCCCCCCCCC)C(=O)N[C@@H](CCCCN)C(=O)N[C@@H](CCCCN)C(=O)N[C@@H](CCCCN)C(=O)N[C@@H](CCCCN)C(=O)O. The summed E-state index contributed by atoms with van der Waals surface area (Å²) < 4.78 is 11.9. The molecular weight excluding hydrogens is 1270 g/mol. The van der Waals surface area contributed by atoms with Crippen molar-refractivity contribution in [1.29, 1.82) is 0 Å².